The van der Waals surface area contributed by atoms with Gasteiger partial charge >= 0.3 is 5.97 Å². The molecule has 0 aliphatic heterocycles. The summed E-state index contributed by atoms with van der Waals surface area (Å²) in [5, 5.41) is 0.404. The Morgan fingerprint density at radius 3 is 2.61 bits per heavy atom. The summed E-state index contributed by atoms with van der Waals surface area (Å²) in [7, 11) is 1.29. The number of hydrogen-bond acceptors (Lipinski definition) is 3. The minimum absolute atomic E-state index is 0.0181. The van der Waals surface area contributed by atoms with Crippen LogP contribution in [0.25, 0.3) is 0 Å². The van der Waals surface area contributed by atoms with E-state index in [2.05, 4.69) is 4.74 Å². The molecular formula is C17H15ClF2O3. The lowest BCUT2D eigenvalue weighted by molar-refractivity contribution is -0.139. The largest absolute Gasteiger partial charge is 0.488 e. The van der Waals surface area contributed by atoms with Crippen LogP contribution in [-0.2, 0) is 22.6 Å². The average Bonchev–Trinajstić information content (AvgIpc) is 2.54. The van der Waals surface area contributed by atoms with Crippen molar-refractivity contribution in [2.24, 2.45) is 0 Å². The number of para-hydroxylation sites is 1. The Balaban J connectivity index is 2.22. The predicted octanol–water partition coefficient (Wildman–Crippen LogP) is 4.57. The Labute approximate surface area is 137 Å². The van der Waals surface area contributed by atoms with E-state index in [4.69, 9.17) is 16.3 Å². The van der Waals surface area contributed by atoms with Crippen LogP contribution in [-0.4, -0.2) is 13.1 Å². The van der Waals surface area contributed by atoms with Crippen LogP contribution in [0.4, 0.5) is 8.78 Å². The maximum Gasteiger partial charge on any atom is 0.309 e. The van der Waals surface area contributed by atoms with Gasteiger partial charge in [-0.15, -0.1) is 0 Å². The number of carbonyl (C=O) groups excluding carboxylic acids is 1. The summed E-state index contributed by atoms with van der Waals surface area (Å²) in [6.07, 6.45) is -2.60. The van der Waals surface area contributed by atoms with Crippen LogP contribution in [0, 0.1) is 0 Å². The molecule has 0 fully saturated rings. The third kappa shape index (κ3) is 4.42. The van der Waals surface area contributed by atoms with Crippen molar-refractivity contribution in [1.29, 1.82) is 0 Å². The molecule has 3 nitrogen and oxygen atoms in total. The summed E-state index contributed by atoms with van der Waals surface area (Å²) in [6.45, 7) is -0.0181. The molecule has 0 aliphatic carbocycles. The SMILES string of the molecule is COC(=O)Cc1cccc(Cl)c1COc1ccccc1C(F)F. The van der Waals surface area contributed by atoms with Crippen LogP contribution in [0.2, 0.25) is 5.02 Å². The fourth-order valence-corrected chi connectivity index (χ4v) is 2.35. The van der Waals surface area contributed by atoms with E-state index in [0.29, 0.717) is 16.1 Å². The Bertz CT molecular complexity index is 689. The van der Waals surface area contributed by atoms with Gasteiger partial charge in [-0.3, -0.25) is 4.79 Å². The molecule has 6 heteroatoms. The number of carbonyl (C=O) groups is 1. The monoisotopic (exact) mass is 340 g/mol. The van der Waals surface area contributed by atoms with E-state index in [-0.39, 0.29) is 24.3 Å². The van der Waals surface area contributed by atoms with Gasteiger partial charge in [0.25, 0.3) is 6.43 Å². The Morgan fingerprint density at radius 1 is 1.17 bits per heavy atom. The first-order valence-electron chi connectivity index (χ1n) is 6.86. The van der Waals surface area contributed by atoms with Gasteiger partial charge in [0.1, 0.15) is 12.4 Å². The van der Waals surface area contributed by atoms with Gasteiger partial charge in [0, 0.05) is 10.6 Å². The van der Waals surface area contributed by atoms with Gasteiger partial charge < -0.3 is 9.47 Å². The van der Waals surface area contributed by atoms with E-state index in [1.807, 2.05) is 0 Å². The summed E-state index contributed by atoms with van der Waals surface area (Å²) in [4.78, 5) is 11.5. The van der Waals surface area contributed by atoms with E-state index in [1.165, 1.54) is 25.3 Å². The Kier molecular flexibility index (Phi) is 5.93. The zero-order chi connectivity index (χ0) is 16.8. The predicted molar refractivity (Wildman–Crippen MR) is 82.9 cm³/mol. The molecule has 0 aromatic heterocycles. The van der Waals surface area contributed by atoms with Crippen molar-refractivity contribution in [3.8, 4) is 5.75 Å². The zero-order valence-corrected chi connectivity index (χ0v) is 13.1. The zero-order valence-electron chi connectivity index (χ0n) is 12.4. The molecule has 2 rings (SSSR count). The third-order valence-electron chi connectivity index (χ3n) is 3.30. The molecular weight excluding hydrogens is 326 g/mol. The summed E-state index contributed by atoms with van der Waals surface area (Å²) < 4.78 is 36.1. The number of rotatable bonds is 6. The van der Waals surface area contributed by atoms with E-state index in [0.717, 1.165) is 0 Å². The first-order chi connectivity index (χ1) is 11.0. The molecule has 23 heavy (non-hydrogen) atoms. The Morgan fingerprint density at radius 2 is 1.91 bits per heavy atom. The minimum atomic E-state index is -2.63. The summed E-state index contributed by atoms with van der Waals surface area (Å²) in [5.74, 6) is -0.326. The minimum Gasteiger partial charge on any atom is -0.488 e. The topological polar surface area (TPSA) is 35.5 Å². The highest BCUT2D eigenvalue weighted by Gasteiger charge is 2.16. The molecule has 122 valence electrons. The molecule has 0 radical (unpaired) electrons. The quantitative estimate of drug-likeness (QED) is 0.722. The van der Waals surface area contributed by atoms with Gasteiger partial charge in [-0.05, 0) is 23.8 Å². The van der Waals surface area contributed by atoms with Crippen molar-refractivity contribution in [1.82, 2.24) is 0 Å². The molecule has 0 N–H and O–H groups in total. The van der Waals surface area contributed by atoms with Crippen molar-refractivity contribution < 1.29 is 23.0 Å². The second kappa shape index (κ2) is 7.92. The van der Waals surface area contributed by atoms with Crippen molar-refractivity contribution >= 4 is 17.6 Å². The van der Waals surface area contributed by atoms with Crippen LogP contribution in [0.5, 0.6) is 5.75 Å². The third-order valence-corrected chi connectivity index (χ3v) is 3.66. The first kappa shape index (κ1) is 17.2. The van der Waals surface area contributed by atoms with Crippen molar-refractivity contribution in [2.45, 2.75) is 19.5 Å². The van der Waals surface area contributed by atoms with Crippen LogP contribution >= 0.6 is 11.6 Å². The number of methoxy groups -OCH3 is 1. The molecule has 0 aliphatic rings. The lowest BCUT2D eigenvalue weighted by atomic mass is 10.1. The summed E-state index contributed by atoms with van der Waals surface area (Å²) in [6, 6.07) is 11.0. The number of ether oxygens (including phenoxy) is 2. The molecule has 0 saturated heterocycles. The second-order valence-electron chi connectivity index (χ2n) is 4.76. The van der Waals surface area contributed by atoms with Crippen LogP contribution in [0.15, 0.2) is 42.5 Å². The lowest BCUT2D eigenvalue weighted by Crippen LogP contribution is -2.09. The molecule has 0 heterocycles. The highest BCUT2D eigenvalue weighted by Crippen LogP contribution is 2.30. The molecule has 0 unspecified atom stereocenters. The fourth-order valence-electron chi connectivity index (χ4n) is 2.10. The van der Waals surface area contributed by atoms with Crippen LogP contribution in [0.3, 0.4) is 0 Å². The number of alkyl halides is 2. The highest BCUT2D eigenvalue weighted by atomic mass is 35.5. The van der Waals surface area contributed by atoms with Crippen LogP contribution < -0.4 is 4.74 Å². The lowest BCUT2D eigenvalue weighted by Gasteiger charge is -2.14. The van der Waals surface area contributed by atoms with Gasteiger partial charge in [0.05, 0.1) is 19.1 Å². The molecule has 2 aromatic carbocycles. The van der Waals surface area contributed by atoms with Crippen LogP contribution in [0.1, 0.15) is 23.1 Å². The standard InChI is InChI=1S/C17H15ClF2O3/c1-22-16(21)9-11-5-4-7-14(18)13(11)10-23-15-8-3-2-6-12(15)17(19)20/h2-8,17H,9-10H2,1H3. The van der Waals surface area contributed by atoms with Gasteiger partial charge in [-0.1, -0.05) is 35.9 Å². The molecule has 0 atom stereocenters. The van der Waals surface area contributed by atoms with Gasteiger partial charge in [-0.25, -0.2) is 8.78 Å². The van der Waals surface area contributed by atoms with Gasteiger partial charge in [0.2, 0.25) is 0 Å². The summed E-state index contributed by atoms with van der Waals surface area (Å²) >= 11 is 6.14. The van der Waals surface area contributed by atoms with E-state index in [9.17, 15) is 13.6 Å². The highest BCUT2D eigenvalue weighted by molar-refractivity contribution is 6.31. The summed E-state index contributed by atoms with van der Waals surface area (Å²) in [5.41, 5.74) is 1.02. The molecule has 2 aromatic rings. The second-order valence-corrected chi connectivity index (χ2v) is 5.16. The first-order valence-corrected chi connectivity index (χ1v) is 7.23. The number of halogens is 3. The average molecular weight is 341 g/mol. The normalized spacial score (nSPS) is 10.7. The van der Waals surface area contributed by atoms with Crippen molar-refractivity contribution in [3.63, 3.8) is 0 Å². The molecule has 0 saturated carbocycles. The number of esters is 1. The van der Waals surface area contributed by atoms with Crippen molar-refractivity contribution in [3.05, 3.63) is 64.2 Å². The van der Waals surface area contributed by atoms with Crippen molar-refractivity contribution in [2.75, 3.05) is 7.11 Å². The van der Waals surface area contributed by atoms with Gasteiger partial charge in [0.15, 0.2) is 0 Å². The van der Waals surface area contributed by atoms with E-state index < -0.39 is 12.4 Å². The maximum atomic E-state index is 13.0. The molecule has 0 bridgehead atoms. The molecule has 0 amide bonds. The maximum absolute atomic E-state index is 13.0. The fraction of sp³-hybridized carbons (Fsp3) is 0.235. The molecule has 0 spiro atoms. The van der Waals surface area contributed by atoms with E-state index in [1.54, 1.807) is 24.3 Å². The van der Waals surface area contributed by atoms with E-state index >= 15 is 0 Å². The van der Waals surface area contributed by atoms with Gasteiger partial charge in [-0.2, -0.15) is 0 Å². The number of hydrogen-bond donors (Lipinski definition) is 0. The Hall–Kier alpha value is -2.14. The number of benzene rings is 2. The smallest absolute Gasteiger partial charge is 0.309 e.